The Kier molecular flexibility index (Phi) is 46.1. The number of phosphoric acid groups is 1. The van der Waals surface area contributed by atoms with Gasteiger partial charge in [0.05, 0.1) is 13.2 Å². The highest BCUT2D eigenvalue weighted by molar-refractivity contribution is 7.47. The monoisotopic (exact) mass is 948 g/mol. The van der Waals surface area contributed by atoms with E-state index in [1.165, 1.54) is 122 Å². The number of allylic oxidation sites excluding steroid dienone is 12. The maximum atomic E-state index is 12.7. The Labute approximate surface area is 401 Å². The molecule has 380 valence electrons. The molecule has 0 aromatic carbocycles. The number of unbranched alkanes of at least 4 members (excludes halogenated alkanes) is 22. The second-order valence-corrected chi connectivity index (χ2v) is 18.7. The molecule has 3 unspecified atom stereocenters. The molecule has 11 nitrogen and oxygen atoms in total. The predicted molar refractivity (Wildman–Crippen MR) is 272 cm³/mol. The van der Waals surface area contributed by atoms with E-state index in [9.17, 15) is 23.8 Å². The predicted octanol–water partition coefficient (Wildman–Crippen LogP) is 14.8. The molecule has 0 saturated heterocycles. The summed E-state index contributed by atoms with van der Waals surface area (Å²) in [5.41, 5.74) is 5.35. The summed E-state index contributed by atoms with van der Waals surface area (Å²) in [6.45, 7) is 2.64. The summed E-state index contributed by atoms with van der Waals surface area (Å²) in [7, 11) is -4.75. The van der Waals surface area contributed by atoms with Crippen molar-refractivity contribution >= 4 is 25.7 Å². The largest absolute Gasteiger partial charge is 0.480 e. The Morgan fingerprint density at radius 3 is 1.24 bits per heavy atom. The van der Waals surface area contributed by atoms with Crippen LogP contribution in [0.2, 0.25) is 0 Å². The van der Waals surface area contributed by atoms with E-state index >= 15 is 0 Å². The number of hydrogen-bond donors (Lipinski definition) is 3. The fourth-order valence-electron chi connectivity index (χ4n) is 6.98. The third kappa shape index (κ3) is 47.4. The minimum Gasteiger partial charge on any atom is -0.480 e. The molecule has 0 fully saturated rings. The Morgan fingerprint density at radius 1 is 0.485 bits per heavy atom. The Bertz CT molecular complexity index is 1390. The van der Waals surface area contributed by atoms with Crippen LogP contribution in [0.5, 0.6) is 0 Å². The molecule has 0 saturated carbocycles. The van der Waals surface area contributed by atoms with Crippen LogP contribution in [0.15, 0.2) is 72.9 Å². The van der Waals surface area contributed by atoms with Gasteiger partial charge in [0.15, 0.2) is 6.10 Å². The highest BCUT2D eigenvalue weighted by atomic mass is 31.2. The van der Waals surface area contributed by atoms with E-state index < -0.39 is 51.1 Å². The van der Waals surface area contributed by atoms with Gasteiger partial charge in [0, 0.05) is 12.8 Å². The third-order valence-corrected chi connectivity index (χ3v) is 11.9. The van der Waals surface area contributed by atoms with Gasteiger partial charge in [-0.05, 0) is 51.4 Å². The number of carbonyl (C=O) groups excluding carboxylic acids is 2. The van der Waals surface area contributed by atoms with E-state index in [-0.39, 0.29) is 19.4 Å². The van der Waals surface area contributed by atoms with Crippen molar-refractivity contribution in [2.24, 2.45) is 5.73 Å². The SMILES string of the molecule is CC/C=C\C/C=C\C/C=C\C/C=C\C/C=C\C/C=C\CCC(=O)OC(COC(=O)CCCCCCCCCCCCCCCCCCCCCCCCC)COP(=O)(O)OCC(N)C(=O)O. The summed E-state index contributed by atoms with van der Waals surface area (Å²) in [4.78, 5) is 46.1. The molecule has 0 aromatic rings. The first-order valence-corrected chi connectivity index (χ1v) is 27.5. The molecule has 4 N–H and O–H groups in total. The maximum absolute atomic E-state index is 12.7. The Balaban J connectivity index is 4.30. The molecule has 0 bridgehead atoms. The number of esters is 2. The van der Waals surface area contributed by atoms with E-state index in [1.54, 1.807) is 0 Å². The van der Waals surface area contributed by atoms with Gasteiger partial charge in [-0.1, -0.05) is 228 Å². The first-order valence-electron chi connectivity index (χ1n) is 26.0. The van der Waals surface area contributed by atoms with Gasteiger partial charge in [0.1, 0.15) is 12.6 Å². The van der Waals surface area contributed by atoms with Gasteiger partial charge >= 0.3 is 25.7 Å². The average Bonchev–Trinajstić information content (AvgIpc) is 3.30. The summed E-state index contributed by atoms with van der Waals surface area (Å²) < 4.78 is 32.8. The third-order valence-electron chi connectivity index (χ3n) is 11.0. The minimum atomic E-state index is -4.75. The molecule has 12 heteroatoms. The van der Waals surface area contributed by atoms with Crippen LogP contribution in [-0.4, -0.2) is 59.9 Å². The smallest absolute Gasteiger partial charge is 0.472 e. The molecule has 0 heterocycles. The second kappa shape index (κ2) is 48.4. The lowest BCUT2D eigenvalue weighted by atomic mass is 10.0. The fraction of sp³-hybridized carbons (Fsp3) is 0.722. The van der Waals surface area contributed by atoms with Crippen LogP contribution in [0.25, 0.3) is 0 Å². The van der Waals surface area contributed by atoms with Crippen LogP contribution in [0.4, 0.5) is 0 Å². The van der Waals surface area contributed by atoms with Crippen LogP contribution in [0, 0.1) is 0 Å². The molecular weight excluding hydrogens is 854 g/mol. The zero-order chi connectivity index (χ0) is 48.4. The number of carboxylic acids is 1. The molecule has 0 aliphatic carbocycles. The van der Waals surface area contributed by atoms with Crippen LogP contribution in [-0.2, 0) is 37.5 Å². The summed E-state index contributed by atoms with van der Waals surface area (Å²) in [6, 6.07) is -1.54. The van der Waals surface area contributed by atoms with Crippen molar-refractivity contribution in [1.29, 1.82) is 0 Å². The van der Waals surface area contributed by atoms with Crippen molar-refractivity contribution in [3.8, 4) is 0 Å². The van der Waals surface area contributed by atoms with Crippen LogP contribution in [0.3, 0.4) is 0 Å². The summed E-state index contributed by atoms with van der Waals surface area (Å²) in [5.74, 6) is -2.48. The quantitative estimate of drug-likeness (QED) is 0.0229. The molecule has 3 atom stereocenters. The molecule has 0 spiro atoms. The number of phosphoric ester groups is 1. The van der Waals surface area contributed by atoms with Crippen molar-refractivity contribution in [3.05, 3.63) is 72.9 Å². The van der Waals surface area contributed by atoms with E-state index in [0.717, 1.165) is 51.4 Å². The number of carboxylic acid groups (broad SMARTS) is 1. The highest BCUT2D eigenvalue weighted by Gasteiger charge is 2.28. The second-order valence-electron chi connectivity index (χ2n) is 17.3. The van der Waals surface area contributed by atoms with Crippen molar-refractivity contribution in [3.63, 3.8) is 0 Å². The van der Waals surface area contributed by atoms with Gasteiger partial charge in [-0.2, -0.15) is 0 Å². The van der Waals surface area contributed by atoms with Gasteiger partial charge in [-0.25, -0.2) is 4.57 Å². The first-order chi connectivity index (χ1) is 32.1. The molecule has 0 amide bonds. The standard InChI is InChI=1S/C54H94NO10P/c1-3-5-7-9-11-13-15-17-19-21-23-24-25-26-28-29-31-33-35-37-39-41-43-45-52(56)62-47-50(48-63-66(60,61)64-49-51(55)54(58)59)65-53(57)46-44-42-40-38-36-34-32-30-27-22-20-18-16-14-12-10-8-6-4-2/h6,8,12,14,18,20,27,30,34,36,40,42,50-51H,3-5,7,9-11,13,15-17,19,21-26,28-29,31-33,35,37-39,41,43-49,55H2,1-2H3,(H,58,59)(H,60,61)/b8-6-,14-12-,20-18-,30-27-,36-34-,42-40-. The van der Waals surface area contributed by atoms with Crippen LogP contribution >= 0.6 is 7.82 Å². The number of carbonyl (C=O) groups is 3. The molecule has 0 rings (SSSR count). The topological polar surface area (TPSA) is 172 Å². The van der Waals surface area contributed by atoms with Gasteiger partial charge in [-0.15, -0.1) is 0 Å². The minimum absolute atomic E-state index is 0.0346. The molecule has 0 aromatic heterocycles. The normalized spacial score (nSPS) is 14.1. The zero-order valence-corrected chi connectivity index (χ0v) is 42.4. The summed E-state index contributed by atoms with van der Waals surface area (Å²) in [5, 5.41) is 8.92. The Morgan fingerprint density at radius 2 is 0.848 bits per heavy atom. The number of aliphatic carboxylic acids is 1. The lowest BCUT2D eigenvalue weighted by Gasteiger charge is -2.20. The van der Waals surface area contributed by atoms with Crippen LogP contribution < -0.4 is 5.73 Å². The first kappa shape index (κ1) is 62.9. The van der Waals surface area contributed by atoms with Gasteiger partial charge in [0.2, 0.25) is 0 Å². The number of hydrogen-bond acceptors (Lipinski definition) is 9. The fourth-order valence-corrected chi connectivity index (χ4v) is 7.75. The maximum Gasteiger partial charge on any atom is 0.472 e. The highest BCUT2D eigenvalue weighted by Crippen LogP contribution is 2.43. The number of ether oxygens (including phenoxy) is 2. The molecule has 66 heavy (non-hydrogen) atoms. The average molecular weight is 948 g/mol. The molecular formula is C54H94NO10P. The van der Waals surface area contributed by atoms with Gasteiger partial charge < -0.3 is 25.2 Å². The van der Waals surface area contributed by atoms with Gasteiger partial charge in [0.25, 0.3) is 0 Å². The number of nitrogens with two attached hydrogens (primary N) is 1. The molecule has 0 aliphatic heterocycles. The molecule has 0 aliphatic rings. The van der Waals surface area contributed by atoms with Crippen molar-refractivity contribution in [1.82, 2.24) is 0 Å². The number of rotatable bonds is 48. The van der Waals surface area contributed by atoms with E-state index in [1.807, 2.05) is 12.2 Å². The lowest BCUT2D eigenvalue weighted by Crippen LogP contribution is -2.34. The lowest BCUT2D eigenvalue weighted by molar-refractivity contribution is -0.161. The van der Waals surface area contributed by atoms with Crippen molar-refractivity contribution < 1.29 is 47.5 Å². The van der Waals surface area contributed by atoms with Crippen molar-refractivity contribution in [2.45, 2.75) is 231 Å². The van der Waals surface area contributed by atoms with Crippen LogP contribution in [0.1, 0.15) is 219 Å². The summed E-state index contributed by atoms with van der Waals surface area (Å²) >= 11 is 0. The van der Waals surface area contributed by atoms with Crippen molar-refractivity contribution in [2.75, 3.05) is 19.8 Å². The summed E-state index contributed by atoms with van der Waals surface area (Å²) in [6.07, 6.45) is 59.9. The Hall–Kier alpha value is -3.08. The molecule has 0 radical (unpaired) electrons. The van der Waals surface area contributed by atoms with E-state index in [0.29, 0.717) is 19.3 Å². The zero-order valence-electron chi connectivity index (χ0n) is 41.5. The van der Waals surface area contributed by atoms with E-state index in [4.69, 9.17) is 24.8 Å². The van der Waals surface area contributed by atoms with Gasteiger partial charge in [-0.3, -0.25) is 23.4 Å². The van der Waals surface area contributed by atoms with E-state index in [2.05, 4.69) is 79.1 Å².